The van der Waals surface area contributed by atoms with Crippen molar-refractivity contribution in [2.24, 2.45) is 0 Å². The number of nitrogens with one attached hydrogen (secondary N) is 1. The van der Waals surface area contributed by atoms with E-state index in [-0.39, 0.29) is 16.6 Å². The van der Waals surface area contributed by atoms with Gasteiger partial charge in [0.2, 0.25) is 0 Å². The molecule has 2 aromatic rings. The third kappa shape index (κ3) is 3.35. The smallest absolute Gasteiger partial charge is 0.256 e. The number of hydrogen-bond acceptors (Lipinski definition) is 2. The Morgan fingerprint density at radius 1 is 1.42 bits per heavy atom. The summed E-state index contributed by atoms with van der Waals surface area (Å²) in [6.07, 6.45) is 2.10. The van der Waals surface area contributed by atoms with Gasteiger partial charge in [-0.15, -0.1) is 0 Å². The minimum absolute atomic E-state index is 0.0997. The van der Waals surface area contributed by atoms with Crippen LogP contribution in [-0.2, 0) is 6.42 Å². The second-order valence-electron chi connectivity index (χ2n) is 4.25. The lowest BCUT2D eigenvalue weighted by Gasteiger charge is -2.13. The Morgan fingerprint density at radius 3 is 2.84 bits per heavy atom. The van der Waals surface area contributed by atoms with Gasteiger partial charge < -0.3 is 9.73 Å². The maximum absolute atomic E-state index is 13.6. The van der Waals surface area contributed by atoms with Crippen LogP contribution in [0.3, 0.4) is 0 Å². The van der Waals surface area contributed by atoms with E-state index in [2.05, 4.69) is 5.32 Å². The van der Waals surface area contributed by atoms with Crippen LogP contribution in [0.4, 0.5) is 4.39 Å². The summed E-state index contributed by atoms with van der Waals surface area (Å²) in [7, 11) is 0. The van der Waals surface area contributed by atoms with E-state index in [1.807, 2.05) is 13.0 Å². The monoisotopic (exact) mass is 281 g/mol. The quantitative estimate of drug-likeness (QED) is 0.933. The van der Waals surface area contributed by atoms with E-state index in [4.69, 9.17) is 16.0 Å². The normalized spacial score (nSPS) is 12.2. The number of benzene rings is 1. The van der Waals surface area contributed by atoms with Crippen LogP contribution in [0.25, 0.3) is 0 Å². The lowest BCUT2D eigenvalue weighted by molar-refractivity contribution is 0.0935. The molecule has 5 heteroatoms. The molecule has 100 valence electrons. The number of amides is 1. The number of carbonyl (C=O) groups excluding carboxylic acids is 1. The molecule has 1 N–H and O–H groups in total. The highest BCUT2D eigenvalue weighted by Gasteiger charge is 2.17. The standard InChI is InChI=1S/C14H13ClFNO2/c1-9(8-10-4-3-7-19-10)17-14(18)13-11(15)5-2-6-12(13)16/h2-7,9H,8H2,1H3,(H,17,18)/t9-/m1/s1. The van der Waals surface area contributed by atoms with Crippen molar-refractivity contribution in [3.8, 4) is 0 Å². The Morgan fingerprint density at radius 2 is 2.21 bits per heavy atom. The predicted molar refractivity (Wildman–Crippen MR) is 70.8 cm³/mol. The topological polar surface area (TPSA) is 42.2 Å². The third-order valence-corrected chi connectivity index (χ3v) is 2.97. The van der Waals surface area contributed by atoms with Crippen LogP contribution >= 0.6 is 11.6 Å². The van der Waals surface area contributed by atoms with Crippen LogP contribution in [0.5, 0.6) is 0 Å². The maximum Gasteiger partial charge on any atom is 0.256 e. The summed E-state index contributed by atoms with van der Waals surface area (Å²) in [5, 5.41) is 2.79. The van der Waals surface area contributed by atoms with E-state index in [0.29, 0.717) is 6.42 Å². The largest absolute Gasteiger partial charge is 0.469 e. The molecule has 0 aliphatic rings. The fraction of sp³-hybridized carbons (Fsp3) is 0.214. The first-order chi connectivity index (χ1) is 9.08. The van der Waals surface area contributed by atoms with Gasteiger partial charge in [0.1, 0.15) is 11.6 Å². The van der Waals surface area contributed by atoms with Crippen molar-refractivity contribution < 1.29 is 13.6 Å². The zero-order chi connectivity index (χ0) is 13.8. The Bertz CT molecular complexity index is 549. The average Bonchev–Trinajstić information content (AvgIpc) is 2.81. The molecular formula is C14H13ClFNO2. The van der Waals surface area contributed by atoms with Gasteiger partial charge in [-0.1, -0.05) is 17.7 Å². The molecule has 19 heavy (non-hydrogen) atoms. The molecule has 0 saturated carbocycles. The van der Waals surface area contributed by atoms with Crippen molar-refractivity contribution in [2.45, 2.75) is 19.4 Å². The maximum atomic E-state index is 13.6. The summed E-state index contributed by atoms with van der Waals surface area (Å²) in [5.41, 5.74) is -0.129. The molecule has 3 nitrogen and oxygen atoms in total. The molecule has 0 spiro atoms. The highest BCUT2D eigenvalue weighted by atomic mass is 35.5. The van der Waals surface area contributed by atoms with E-state index in [9.17, 15) is 9.18 Å². The van der Waals surface area contributed by atoms with Gasteiger partial charge in [0.05, 0.1) is 16.8 Å². The van der Waals surface area contributed by atoms with E-state index in [1.54, 1.807) is 12.3 Å². The van der Waals surface area contributed by atoms with Crippen LogP contribution in [0.1, 0.15) is 23.0 Å². The summed E-state index contributed by atoms with van der Waals surface area (Å²) in [5.74, 6) is -0.398. The van der Waals surface area contributed by atoms with E-state index in [1.165, 1.54) is 18.2 Å². The molecule has 1 amide bonds. The number of hydrogen-bond donors (Lipinski definition) is 1. The SMILES string of the molecule is C[C@H](Cc1ccco1)NC(=O)c1c(F)cccc1Cl. The Hall–Kier alpha value is -1.81. The number of rotatable bonds is 4. The Balaban J connectivity index is 2.04. The van der Waals surface area contributed by atoms with Crippen LogP contribution in [0, 0.1) is 5.82 Å². The molecular weight excluding hydrogens is 269 g/mol. The van der Waals surface area contributed by atoms with Crippen LogP contribution in [0.2, 0.25) is 5.02 Å². The minimum Gasteiger partial charge on any atom is -0.469 e. The second kappa shape index (κ2) is 5.89. The summed E-state index contributed by atoms with van der Waals surface area (Å²) in [4.78, 5) is 12.0. The van der Waals surface area contributed by atoms with Crippen LogP contribution in [-0.4, -0.2) is 11.9 Å². The van der Waals surface area contributed by atoms with Crippen molar-refractivity contribution in [2.75, 3.05) is 0 Å². The summed E-state index contributed by atoms with van der Waals surface area (Å²) in [6.45, 7) is 1.81. The molecule has 2 rings (SSSR count). The van der Waals surface area contributed by atoms with Crippen molar-refractivity contribution in [3.63, 3.8) is 0 Å². The van der Waals surface area contributed by atoms with Crippen molar-refractivity contribution in [3.05, 3.63) is 58.8 Å². The summed E-state index contributed by atoms with van der Waals surface area (Å²) in [6, 6.07) is 7.56. The zero-order valence-electron chi connectivity index (χ0n) is 10.3. The van der Waals surface area contributed by atoms with Crippen molar-refractivity contribution >= 4 is 17.5 Å². The first-order valence-corrected chi connectivity index (χ1v) is 6.23. The van der Waals surface area contributed by atoms with Crippen molar-refractivity contribution in [1.29, 1.82) is 0 Å². The van der Waals surface area contributed by atoms with Gasteiger partial charge >= 0.3 is 0 Å². The van der Waals surface area contributed by atoms with Gasteiger partial charge in [0.15, 0.2) is 0 Å². The van der Waals surface area contributed by atoms with Gasteiger partial charge in [-0.05, 0) is 31.2 Å². The molecule has 1 aromatic heterocycles. The lowest BCUT2D eigenvalue weighted by atomic mass is 10.1. The van der Waals surface area contributed by atoms with E-state index in [0.717, 1.165) is 5.76 Å². The van der Waals surface area contributed by atoms with Gasteiger partial charge in [-0.2, -0.15) is 0 Å². The summed E-state index contributed by atoms with van der Waals surface area (Å²) < 4.78 is 18.8. The van der Waals surface area contributed by atoms with Gasteiger partial charge in [0.25, 0.3) is 5.91 Å². The second-order valence-corrected chi connectivity index (χ2v) is 4.66. The number of furan rings is 1. The molecule has 0 fully saturated rings. The molecule has 0 unspecified atom stereocenters. The van der Waals surface area contributed by atoms with E-state index < -0.39 is 11.7 Å². The number of carbonyl (C=O) groups is 1. The third-order valence-electron chi connectivity index (χ3n) is 2.65. The first-order valence-electron chi connectivity index (χ1n) is 5.85. The van der Waals surface area contributed by atoms with E-state index >= 15 is 0 Å². The van der Waals surface area contributed by atoms with Crippen LogP contribution in [0.15, 0.2) is 41.0 Å². The molecule has 0 aliphatic carbocycles. The van der Waals surface area contributed by atoms with Crippen LogP contribution < -0.4 is 5.32 Å². The fourth-order valence-corrected chi connectivity index (χ4v) is 2.04. The average molecular weight is 282 g/mol. The van der Waals surface area contributed by atoms with Gasteiger partial charge in [-0.3, -0.25) is 4.79 Å². The van der Waals surface area contributed by atoms with Gasteiger partial charge in [-0.25, -0.2) is 4.39 Å². The highest BCUT2D eigenvalue weighted by Crippen LogP contribution is 2.19. The molecule has 1 aromatic carbocycles. The Kier molecular flexibility index (Phi) is 4.22. The molecule has 1 heterocycles. The lowest BCUT2D eigenvalue weighted by Crippen LogP contribution is -2.34. The predicted octanol–water partition coefficient (Wildman–Crippen LogP) is 3.43. The fourth-order valence-electron chi connectivity index (χ4n) is 1.79. The highest BCUT2D eigenvalue weighted by molar-refractivity contribution is 6.33. The Labute approximate surface area is 115 Å². The number of halogens is 2. The molecule has 1 atom stereocenters. The molecule has 0 aliphatic heterocycles. The minimum atomic E-state index is -0.629. The van der Waals surface area contributed by atoms with Gasteiger partial charge in [0, 0.05) is 12.5 Å². The first kappa shape index (κ1) is 13.6. The van der Waals surface area contributed by atoms with Crippen molar-refractivity contribution in [1.82, 2.24) is 5.32 Å². The molecule has 0 saturated heterocycles. The zero-order valence-corrected chi connectivity index (χ0v) is 11.1. The molecule has 0 radical (unpaired) electrons. The molecule has 0 bridgehead atoms. The summed E-state index contributed by atoms with van der Waals surface area (Å²) >= 11 is 5.83.